The Bertz CT molecular complexity index is 435. The van der Waals surface area contributed by atoms with E-state index in [1.54, 1.807) is 6.07 Å². The van der Waals surface area contributed by atoms with Crippen molar-refractivity contribution in [3.63, 3.8) is 0 Å². The maximum atomic E-state index is 9.11. The van der Waals surface area contributed by atoms with Gasteiger partial charge in [0.2, 0.25) is 0 Å². The monoisotopic (exact) mass is 178 g/mol. The van der Waals surface area contributed by atoms with Crippen LogP contribution in [0.15, 0.2) is 28.7 Å². The highest BCUT2D eigenvalue weighted by Gasteiger charge is 2.16. The van der Waals surface area contributed by atoms with E-state index in [4.69, 9.17) is 19.6 Å². The summed E-state index contributed by atoms with van der Waals surface area (Å²) < 4.78 is 5.07. The Balaban J connectivity index is 2.62. The van der Waals surface area contributed by atoms with Gasteiger partial charge < -0.3 is 19.6 Å². The predicted octanol–water partition coefficient (Wildman–Crippen LogP) is -0.182. The number of aromatic hydroxyl groups is 1. The van der Waals surface area contributed by atoms with Gasteiger partial charge >= 0.3 is 7.12 Å². The van der Waals surface area contributed by atoms with Crippen molar-refractivity contribution in [3.05, 3.63) is 24.3 Å². The third-order valence-corrected chi connectivity index (χ3v) is 1.77. The molecule has 0 saturated carbocycles. The first kappa shape index (κ1) is 8.16. The summed E-state index contributed by atoms with van der Waals surface area (Å²) in [5.74, 6) is 0.118. The van der Waals surface area contributed by atoms with Crippen LogP contribution >= 0.6 is 0 Å². The Hall–Kier alpha value is -1.46. The largest absolute Gasteiger partial charge is 0.526 e. The van der Waals surface area contributed by atoms with Crippen LogP contribution in [0.25, 0.3) is 11.0 Å². The van der Waals surface area contributed by atoms with Crippen molar-refractivity contribution in [2.24, 2.45) is 0 Å². The minimum absolute atomic E-state index is 0.0700. The van der Waals surface area contributed by atoms with Crippen LogP contribution in [-0.2, 0) is 0 Å². The van der Waals surface area contributed by atoms with Crippen LogP contribution in [-0.4, -0.2) is 22.3 Å². The quantitative estimate of drug-likeness (QED) is 0.529. The molecule has 13 heavy (non-hydrogen) atoms. The first-order valence-electron chi connectivity index (χ1n) is 3.75. The molecular formula is C8H7BO4. The van der Waals surface area contributed by atoms with Gasteiger partial charge in [0.05, 0.1) is 0 Å². The molecule has 1 heterocycles. The average molecular weight is 178 g/mol. The molecule has 5 heteroatoms. The van der Waals surface area contributed by atoms with E-state index in [1.165, 1.54) is 18.2 Å². The summed E-state index contributed by atoms with van der Waals surface area (Å²) in [5.41, 5.74) is 0.585. The summed E-state index contributed by atoms with van der Waals surface area (Å²) in [6.45, 7) is 0. The molecule has 0 atom stereocenters. The second kappa shape index (κ2) is 2.79. The molecule has 66 valence electrons. The van der Waals surface area contributed by atoms with Gasteiger partial charge in [0.15, 0.2) is 0 Å². The number of hydrogen-bond acceptors (Lipinski definition) is 4. The highest BCUT2D eigenvalue weighted by atomic mass is 16.4. The molecule has 0 aliphatic rings. The smallest absolute Gasteiger partial charge is 0.508 e. The van der Waals surface area contributed by atoms with Gasteiger partial charge in [0.1, 0.15) is 17.0 Å². The predicted molar refractivity (Wildman–Crippen MR) is 47.7 cm³/mol. The summed E-state index contributed by atoms with van der Waals surface area (Å²) in [5, 5.41) is 27.3. The van der Waals surface area contributed by atoms with Gasteiger partial charge in [-0.15, -0.1) is 0 Å². The molecule has 0 bridgehead atoms. The highest BCUT2D eigenvalue weighted by molar-refractivity contribution is 6.57. The summed E-state index contributed by atoms with van der Waals surface area (Å²) in [6.07, 6.45) is 0. The molecule has 0 aliphatic heterocycles. The van der Waals surface area contributed by atoms with Crippen LogP contribution in [0.1, 0.15) is 0 Å². The minimum Gasteiger partial charge on any atom is -0.508 e. The number of phenolic OH excluding ortho intramolecular Hbond substituents is 1. The average Bonchev–Trinajstić information content (AvgIpc) is 2.46. The number of rotatable bonds is 1. The molecule has 2 rings (SSSR count). The number of hydrogen-bond donors (Lipinski definition) is 3. The first-order chi connectivity index (χ1) is 6.16. The molecule has 2 aromatic rings. The Kier molecular flexibility index (Phi) is 1.75. The third kappa shape index (κ3) is 1.39. The van der Waals surface area contributed by atoms with E-state index in [9.17, 15) is 0 Å². The van der Waals surface area contributed by atoms with Gasteiger partial charge in [-0.3, -0.25) is 0 Å². The molecule has 0 saturated heterocycles. The Morgan fingerprint density at radius 3 is 2.62 bits per heavy atom. The fraction of sp³-hybridized carbons (Fsp3) is 0. The van der Waals surface area contributed by atoms with E-state index in [0.29, 0.717) is 11.0 Å². The lowest BCUT2D eigenvalue weighted by atomic mass is 9.88. The van der Waals surface area contributed by atoms with Crippen LogP contribution < -0.4 is 5.66 Å². The maximum Gasteiger partial charge on any atom is 0.526 e. The van der Waals surface area contributed by atoms with Crippen molar-refractivity contribution in [1.29, 1.82) is 0 Å². The Morgan fingerprint density at radius 1 is 1.15 bits per heavy atom. The lowest BCUT2D eigenvalue weighted by Crippen LogP contribution is -2.27. The number of benzene rings is 1. The molecule has 1 aromatic carbocycles. The van der Waals surface area contributed by atoms with Crippen LogP contribution in [0.5, 0.6) is 5.75 Å². The summed E-state index contributed by atoms with van der Waals surface area (Å²) in [6, 6.07) is 6.00. The van der Waals surface area contributed by atoms with E-state index in [1.807, 2.05) is 0 Å². The van der Waals surface area contributed by atoms with Crippen LogP contribution in [0.4, 0.5) is 0 Å². The van der Waals surface area contributed by atoms with Crippen molar-refractivity contribution in [3.8, 4) is 5.75 Å². The van der Waals surface area contributed by atoms with Crippen LogP contribution in [0.2, 0.25) is 0 Å². The van der Waals surface area contributed by atoms with Crippen LogP contribution in [0.3, 0.4) is 0 Å². The normalized spacial score (nSPS) is 10.6. The zero-order chi connectivity index (χ0) is 9.42. The third-order valence-electron chi connectivity index (χ3n) is 1.77. The second-order valence-electron chi connectivity index (χ2n) is 2.74. The molecule has 0 amide bonds. The molecule has 0 aliphatic carbocycles. The summed E-state index contributed by atoms with van der Waals surface area (Å²) in [7, 11) is -1.62. The Morgan fingerprint density at radius 2 is 1.92 bits per heavy atom. The molecule has 4 nitrogen and oxygen atoms in total. The lowest BCUT2D eigenvalue weighted by molar-refractivity contribution is 0.412. The van der Waals surface area contributed by atoms with Crippen molar-refractivity contribution < 1.29 is 19.6 Å². The van der Waals surface area contributed by atoms with E-state index in [2.05, 4.69) is 0 Å². The second-order valence-corrected chi connectivity index (χ2v) is 2.74. The van der Waals surface area contributed by atoms with Crippen molar-refractivity contribution in [2.45, 2.75) is 0 Å². The van der Waals surface area contributed by atoms with Crippen molar-refractivity contribution in [1.82, 2.24) is 0 Å². The number of fused-ring (bicyclic) bond motifs is 1. The molecule has 0 radical (unpaired) electrons. The van der Waals surface area contributed by atoms with Gasteiger partial charge in [0.25, 0.3) is 0 Å². The molecule has 0 fully saturated rings. The molecular weight excluding hydrogens is 171 g/mol. The van der Waals surface area contributed by atoms with Gasteiger partial charge in [0, 0.05) is 5.39 Å². The van der Waals surface area contributed by atoms with Crippen molar-refractivity contribution >= 4 is 23.7 Å². The Labute approximate surface area is 74.2 Å². The van der Waals surface area contributed by atoms with E-state index < -0.39 is 7.12 Å². The van der Waals surface area contributed by atoms with E-state index in [-0.39, 0.29) is 11.4 Å². The SMILES string of the molecule is OB(O)c1cc2cc(O)ccc2o1. The topological polar surface area (TPSA) is 73.8 Å². The number of phenols is 1. The molecule has 1 aromatic heterocycles. The first-order valence-corrected chi connectivity index (χ1v) is 3.75. The lowest BCUT2D eigenvalue weighted by Gasteiger charge is -1.89. The maximum absolute atomic E-state index is 9.11. The van der Waals surface area contributed by atoms with Gasteiger partial charge in [-0.1, -0.05) is 0 Å². The molecule has 3 N–H and O–H groups in total. The molecule has 0 unspecified atom stereocenters. The standard InChI is InChI=1S/C8H7BO4/c10-6-1-2-7-5(3-6)4-8(13-7)9(11)12/h1-4,10-12H. The number of furan rings is 1. The van der Waals surface area contributed by atoms with Gasteiger partial charge in [-0.2, -0.15) is 0 Å². The van der Waals surface area contributed by atoms with Gasteiger partial charge in [-0.05, 0) is 24.3 Å². The summed E-state index contributed by atoms with van der Waals surface area (Å²) in [4.78, 5) is 0. The van der Waals surface area contributed by atoms with E-state index in [0.717, 1.165) is 0 Å². The fourth-order valence-electron chi connectivity index (χ4n) is 1.18. The molecule has 0 spiro atoms. The zero-order valence-corrected chi connectivity index (χ0v) is 6.64. The van der Waals surface area contributed by atoms with Gasteiger partial charge in [-0.25, -0.2) is 0 Å². The van der Waals surface area contributed by atoms with Crippen molar-refractivity contribution in [2.75, 3.05) is 0 Å². The van der Waals surface area contributed by atoms with Crippen LogP contribution in [0, 0.1) is 0 Å². The fourth-order valence-corrected chi connectivity index (χ4v) is 1.18. The zero-order valence-electron chi connectivity index (χ0n) is 6.64. The van der Waals surface area contributed by atoms with E-state index >= 15 is 0 Å². The summed E-state index contributed by atoms with van der Waals surface area (Å²) >= 11 is 0. The minimum atomic E-state index is -1.62. The highest BCUT2D eigenvalue weighted by Crippen LogP contribution is 2.19.